The van der Waals surface area contributed by atoms with Gasteiger partial charge >= 0.3 is 0 Å². The molecular formula is C14H16N2O2S. The van der Waals surface area contributed by atoms with Gasteiger partial charge < -0.3 is 4.84 Å². The van der Waals surface area contributed by atoms with Crippen molar-refractivity contribution in [2.24, 2.45) is 10.6 Å². The Morgan fingerprint density at radius 2 is 2.16 bits per heavy atom. The minimum Gasteiger partial charge on any atom is -0.388 e. The summed E-state index contributed by atoms with van der Waals surface area (Å²) in [6.45, 7) is 5.56. The maximum Gasteiger partial charge on any atom is 0.178 e. The molecule has 0 spiro atoms. The number of ketones is 1. The van der Waals surface area contributed by atoms with E-state index < -0.39 is 5.41 Å². The summed E-state index contributed by atoms with van der Waals surface area (Å²) in [5.74, 6) is 0.0222. The number of benzene rings is 1. The molecule has 1 aromatic heterocycles. The minimum atomic E-state index is -0.397. The zero-order valence-corrected chi connectivity index (χ0v) is 12.0. The Labute approximate surface area is 116 Å². The smallest absolute Gasteiger partial charge is 0.178 e. The lowest BCUT2D eigenvalue weighted by Crippen LogP contribution is -2.24. The maximum atomic E-state index is 11.6. The summed E-state index contributed by atoms with van der Waals surface area (Å²) in [5, 5.41) is 4.56. The highest BCUT2D eigenvalue weighted by Crippen LogP contribution is 2.20. The molecule has 0 aliphatic heterocycles. The lowest BCUT2D eigenvalue weighted by Gasteiger charge is -2.14. The summed E-state index contributed by atoms with van der Waals surface area (Å²) in [6, 6.07) is 7.88. The van der Waals surface area contributed by atoms with Crippen molar-refractivity contribution in [1.29, 1.82) is 0 Å². The third-order valence-corrected chi connectivity index (χ3v) is 3.55. The Kier molecular flexibility index (Phi) is 3.95. The van der Waals surface area contributed by atoms with Crippen molar-refractivity contribution in [1.82, 2.24) is 4.98 Å². The molecule has 0 fully saturated rings. The normalized spacial score (nSPS) is 12.2. The lowest BCUT2D eigenvalue weighted by molar-refractivity contribution is -0.130. The van der Waals surface area contributed by atoms with E-state index in [1.807, 2.05) is 45.0 Å². The highest BCUT2D eigenvalue weighted by atomic mass is 32.1. The second-order valence-electron chi connectivity index (χ2n) is 5.20. The van der Waals surface area contributed by atoms with Crippen LogP contribution in [0.5, 0.6) is 0 Å². The first kappa shape index (κ1) is 13.7. The van der Waals surface area contributed by atoms with E-state index in [2.05, 4.69) is 10.1 Å². The molecule has 0 atom stereocenters. The molecule has 0 radical (unpaired) electrons. The third-order valence-electron chi connectivity index (χ3n) is 2.58. The van der Waals surface area contributed by atoms with Crippen molar-refractivity contribution in [3.63, 3.8) is 0 Å². The van der Waals surface area contributed by atoms with Gasteiger partial charge in [0, 0.05) is 5.41 Å². The first-order chi connectivity index (χ1) is 8.97. The van der Waals surface area contributed by atoms with Gasteiger partial charge in [-0.1, -0.05) is 38.1 Å². The number of carbonyl (C=O) groups is 1. The van der Waals surface area contributed by atoms with Crippen molar-refractivity contribution in [2.45, 2.75) is 20.8 Å². The summed E-state index contributed by atoms with van der Waals surface area (Å²) in [4.78, 5) is 21.0. The average Bonchev–Trinajstić information content (AvgIpc) is 2.75. The predicted molar refractivity (Wildman–Crippen MR) is 77.6 cm³/mol. The van der Waals surface area contributed by atoms with Crippen LogP contribution >= 0.6 is 11.3 Å². The van der Waals surface area contributed by atoms with E-state index in [1.165, 1.54) is 11.3 Å². The zero-order chi connectivity index (χ0) is 13.9. The molecule has 0 N–H and O–H groups in total. The number of thiazole rings is 1. The molecular weight excluding hydrogens is 260 g/mol. The van der Waals surface area contributed by atoms with Crippen molar-refractivity contribution in [3.8, 4) is 0 Å². The number of carbonyl (C=O) groups excluding carboxylic acids is 1. The number of para-hydroxylation sites is 1. The number of rotatable bonds is 4. The number of Topliss-reactive ketones (excluding diaryl/α,β-unsaturated/α-hetero) is 1. The molecule has 1 heterocycles. The molecule has 2 aromatic rings. The fraction of sp³-hybridized carbons (Fsp3) is 0.357. The maximum absolute atomic E-state index is 11.6. The summed E-state index contributed by atoms with van der Waals surface area (Å²) >= 11 is 1.54. The highest BCUT2D eigenvalue weighted by Gasteiger charge is 2.21. The highest BCUT2D eigenvalue weighted by molar-refractivity contribution is 7.20. The van der Waals surface area contributed by atoms with Crippen molar-refractivity contribution < 1.29 is 9.63 Å². The lowest BCUT2D eigenvalue weighted by atomic mass is 9.91. The van der Waals surface area contributed by atoms with Crippen molar-refractivity contribution in [3.05, 3.63) is 29.3 Å². The van der Waals surface area contributed by atoms with Gasteiger partial charge in [0.2, 0.25) is 0 Å². The predicted octanol–water partition coefficient (Wildman–Crippen LogP) is 3.26. The van der Waals surface area contributed by atoms with Gasteiger partial charge in [0.25, 0.3) is 0 Å². The van der Waals surface area contributed by atoms with E-state index >= 15 is 0 Å². The number of hydrogen-bond donors (Lipinski definition) is 0. The molecule has 0 aliphatic rings. The van der Waals surface area contributed by atoms with Crippen LogP contribution in [0.4, 0.5) is 0 Å². The van der Waals surface area contributed by atoms with E-state index in [4.69, 9.17) is 4.84 Å². The van der Waals surface area contributed by atoms with Gasteiger partial charge in [0.05, 0.1) is 10.2 Å². The molecule has 2 rings (SSSR count). The Hall–Kier alpha value is -1.75. The topological polar surface area (TPSA) is 51.5 Å². The molecule has 0 aliphatic carbocycles. The van der Waals surface area contributed by atoms with Crippen molar-refractivity contribution in [2.75, 3.05) is 6.61 Å². The van der Waals surface area contributed by atoms with E-state index in [0.29, 0.717) is 0 Å². The van der Waals surface area contributed by atoms with Crippen LogP contribution in [0.15, 0.2) is 29.4 Å². The Bertz CT molecular complexity index is 578. The molecule has 100 valence electrons. The standard InChI is InChI=1S/C14H16N2O2S/c1-14(2,3)12(17)9-18-15-8-13-16-10-6-4-5-7-11(10)19-13/h4-8H,9H2,1-3H3/b15-8+. The van der Waals surface area contributed by atoms with E-state index in [9.17, 15) is 4.79 Å². The molecule has 0 amide bonds. The Morgan fingerprint density at radius 3 is 2.84 bits per heavy atom. The second kappa shape index (κ2) is 5.48. The van der Waals surface area contributed by atoms with Gasteiger partial charge in [-0.3, -0.25) is 4.79 Å². The summed E-state index contributed by atoms with van der Waals surface area (Å²) in [7, 11) is 0. The van der Waals surface area contributed by atoms with Crippen LogP contribution in [0.1, 0.15) is 25.8 Å². The van der Waals surface area contributed by atoms with Gasteiger partial charge in [-0.15, -0.1) is 11.3 Å². The van der Waals surface area contributed by atoms with Gasteiger partial charge in [0.1, 0.15) is 11.2 Å². The molecule has 4 nitrogen and oxygen atoms in total. The molecule has 19 heavy (non-hydrogen) atoms. The van der Waals surface area contributed by atoms with E-state index in [0.717, 1.165) is 15.2 Å². The Morgan fingerprint density at radius 1 is 1.42 bits per heavy atom. The summed E-state index contributed by atoms with van der Waals surface area (Å²) in [5.41, 5.74) is 0.547. The largest absolute Gasteiger partial charge is 0.388 e. The molecule has 0 bridgehead atoms. The first-order valence-corrected chi connectivity index (χ1v) is 6.83. The molecule has 0 unspecified atom stereocenters. The number of oxime groups is 1. The van der Waals surface area contributed by atoms with E-state index in [-0.39, 0.29) is 12.4 Å². The van der Waals surface area contributed by atoms with Crippen molar-refractivity contribution >= 4 is 33.6 Å². The van der Waals surface area contributed by atoms with Crippen LogP contribution in [0.25, 0.3) is 10.2 Å². The van der Waals surface area contributed by atoms with Gasteiger partial charge in [-0.2, -0.15) is 0 Å². The van der Waals surface area contributed by atoms with E-state index in [1.54, 1.807) is 6.21 Å². The number of aromatic nitrogens is 1. The van der Waals surface area contributed by atoms with Crippen LogP contribution in [0, 0.1) is 5.41 Å². The van der Waals surface area contributed by atoms with Gasteiger partial charge in [0.15, 0.2) is 12.4 Å². The molecule has 0 saturated carbocycles. The average molecular weight is 276 g/mol. The monoisotopic (exact) mass is 276 g/mol. The molecule has 5 heteroatoms. The van der Waals surface area contributed by atoms with Gasteiger partial charge in [-0.05, 0) is 12.1 Å². The molecule has 1 aromatic carbocycles. The first-order valence-electron chi connectivity index (χ1n) is 6.01. The van der Waals surface area contributed by atoms with Crippen LogP contribution < -0.4 is 0 Å². The van der Waals surface area contributed by atoms with Gasteiger partial charge in [-0.25, -0.2) is 4.98 Å². The van der Waals surface area contributed by atoms with Crippen LogP contribution in [-0.2, 0) is 9.63 Å². The minimum absolute atomic E-state index is 0.00903. The van der Waals surface area contributed by atoms with Crippen LogP contribution in [0.3, 0.4) is 0 Å². The number of hydrogen-bond acceptors (Lipinski definition) is 5. The SMILES string of the molecule is CC(C)(C)C(=O)CO/N=C/c1nc2ccccc2s1. The quantitative estimate of drug-likeness (QED) is 0.636. The fourth-order valence-electron chi connectivity index (χ4n) is 1.34. The molecule has 0 saturated heterocycles. The summed E-state index contributed by atoms with van der Waals surface area (Å²) in [6.07, 6.45) is 1.54. The number of nitrogens with zero attached hydrogens (tertiary/aromatic N) is 2. The fourth-order valence-corrected chi connectivity index (χ4v) is 2.17. The number of fused-ring (bicyclic) bond motifs is 1. The second-order valence-corrected chi connectivity index (χ2v) is 6.26. The van der Waals surface area contributed by atoms with Crippen LogP contribution in [0.2, 0.25) is 0 Å². The zero-order valence-electron chi connectivity index (χ0n) is 11.2. The summed E-state index contributed by atoms with van der Waals surface area (Å²) < 4.78 is 1.11. The van der Waals surface area contributed by atoms with Crippen LogP contribution in [-0.4, -0.2) is 23.6 Å². The Balaban J connectivity index is 1.94. The third kappa shape index (κ3) is 3.61.